The van der Waals surface area contributed by atoms with Crippen LogP contribution in [0.1, 0.15) is 15.9 Å². The van der Waals surface area contributed by atoms with Crippen molar-refractivity contribution in [3.8, 4) is 11.5 Å². The number of rotatable bonds is 4. The number of para-hydroxylation sites is 2. The fourth-order valence-electron chi connectivity index (χ4n) is 2.26. The number of carbonyl (C=O) groups is 1. The number of ether oxygens (including phenoxy) is 1. The fraction of sp³-hybridized carbons (Fsp3) is 0. The molecule has 0 spiro atoms. The molecule has 0 radical (unpaired) electrons. The highest BCUT2D eigenvalue weighted by molar-refractivity contribution is 6.50. The number of hydrogen-bond donors (Lipinski definition) is 0. The summed E-state index contributed by atoms with van der Waals surface area (Å²) in [7, 11) is -6.00. The lowest BCUT2D eigenvalue weighted by Gasteiger charge is -2.09. The van der Waals surface area contributed by atoms with Crippen LogP contribution in [0.3, 0.4) is 0 Å². The van der Waals surface area contributed by atoms with E-state index in [9.17, 15) is 22.1 Å². The summed E-state index contributed by atoms with van der Waals surface area (Å²) in [5.41, 5.74) is 0.957. The molecule has 0 atom stereocenters. The lowest BCUT2D eigenvalue weighted by molar-refractivity contribution is 0.103. The molecular formula is C19H13BF4N2O2. The van der Waals surface area contributed by atoms with Crippen molar-refractivity contribution in [1.82, 2.24) is 0 Å². The molecule has 0 bridgehead atoms. The van der Waals surface area contributed by atoms with Crippen molar-refractivity contribution in [2.24, 2.45) is 0 Å². The normalized spacial score (nSPS) is 10.2. The molecule has 3 aromatic carbocycles. The van der Waals surface area contributed by atoms with E-state index in [1.807, 2.05) is 30.3 Å². The summed E-state index contributed by atoms with van der Waals surface area (Å²) in [6, 6.07) is 22.9. The van der Waals surface area contributed by atoms with Crippen LogP contribution in [0.15, 0.2) is 78.9 Å². The third-order valence-corrected chi connectivity index (χ3v) is 3.36. The molecule has 0 amide bonds. The number of diazo groups is 1. The Morgan fingerprint density at radius 2 is 1.29 bits per heavy atom. The topological polar surface area (TPSA) is 54.5 Å². The Balaban J connectivity index is 0.000000500. The first-order valence-electron chi connectivity index (χ1n) is 7.97. The Bertz CT molecular complexity index is 983. The second-order valence-electron chi connectivity index (χ2n) is 5.35. The minimum Gasteiger partial charge on any atom is -0.457 e. The van der Waals surface area contributed by atoms with Crippen molar-refractivity contribution >= 4 is 18.7 Å². The van der Waals surface area contributed by atoms with E-state index in [0.29, 0.717) is 22.6 Å². The Hall–Kier alpha value is -3.67. The number of halogens is 4. The van der Waals surface area contributed by atoms with Crippen molar-refractivity contribution in [2.45, 2.75) is 0 Å². The van der Waals surface area contributed by atoms with Crippen LogP contribution in [0, 0.1) is 5.39 Å². The van der Waals surface area contributed by atoms with Gasteiger partial charge in [-0.3, -0.25) is 4.79 Å². The summed E-state index contributed by atoms with van der Waals surface area (Å²) >= 11 is 0. The largest absolute Gasteiger partial charge is 0.673 e. The third kappa shape index (κ3) is 6.25. The van der Waals surface area contributed by atoms with Gasteiger partial charge >= 0.3 is 12.9 Å². The second kappa shape index (κ2) is 9.32. The van der Waals surface area contributed by atoms with E-state index >= 15 is 0 Å². The Morgan fingerprint density at radius 3 is 1.89 bits per heavy atom. The van der Waals surface area contributed by atoms with Crippen LogP contribution in [0.4, 0.5) is 23.0 Å². The lowest BCUT2D eigenvalue weighted by Crippen LogP contribution is -2.03. The van der Waals surface area contributed by atoms with Crippen molar-refractivity contribution in [3.63, 3.8) is 0 Å². The second-order valence-corrected chi connectivity index (χ2v) is 5.35. The van der Waals surface area contributed by atoms with Crippen molar-refractivity contribution in [1.29, 1.82) is 5.39 Å². The summed E-state index contributed by atoms with van der Waals surface area (Å²) in [5, 5.41) is 9.06. The maximum absolute atomic E-state index is 12.8. The number of benzene rings is 3. The van der Waals surface area contributed by atoms with E-state index in [-0.39, 0.29) is 11.5 Å². The van der Waals surface area contributed by atoms with Gasteiger partial charge in [0, 0.05) is 6.07 Å². The molecular weight excluding hydrogens is 375 g/mol. The molecule has 4 nitrogen and oxygen atoms in total. The molecule has 3 rings (SSSR count). The lowest BCUT2D eigenvalue weighted by atomic mass is 10.0. The van der Waals surface area contributed by atoms with E-state index in [1.165, 1.54) is 0 Å². The minimum absolute atomic E-state index is 0.229. The van der Waals surface area contributed by atoms with Gasteiger partial charge in [0.05, 0.1) is 5.56 Å². The van der Waals surface area contributed by atoms with Crippen LogP contribution in [0.2, 0.25) is 0 Å². The predicted molar refractivity (Wildman–Crippen MR) is 97.8 cm³/mol. The molecule has 0 aliphatic rings. The summed E-state index contributed by atoms with van der Waals surface area (Å²) in [6.07, 6.45) is 0. The van der Waals surface area contributed by atoms with Gasteiger partial charge < -0.3 is 22.0 Å². The zero-order valence-electron chi connectivity index (χ0n) is 14.3. The Morgan fingerprint density at radius 1 is 0.786 bits per heavy atom. The number of ketones is 1. The van der Waals surface area contributed by atoms with Gasteiger partial charge in [0.15, 0.2) is 4.98 Å². The molecule has 0 N–H and O–H groups in total. The average molecular weight is 388 g/mol. The monoisotopic (exact) mass is 388 g/mol. The van der Waals surface area contributed by atoms with E-state index in [2.05, 4.69) is 4.98 Å². The molecule has 0 aliphatic heterocycles. The Kier molecular flexibility index (Phi) is 6.87. The zero-order valence-corrected chi connectivity index (χ0v) is 14.3. The average Bonchev–Trinajstić information content (AvgIpc) is 2.67. The van der Waals surface area contributed by atoms with E-state index in [0.717, 1.165) is 0 Å². The number of carbonyl (C=O) groups excluding carboxylic acids is 1. The van der Waals surface area contributed by atoms with Gasteiger partial charge in [0.1, 0.15) is 17.1 Å². The van der Waals surface area contributed by atoms with Gasteiger partial charge in [-0.2, -0.15) is 0 Å². The summed E-state index contributed by atoms with van der Waals surface area (Å²) in [5.74, 6) is 0.842. The molecule has 0 aromatic heterocycles. The fourth-order valence-corrected chi connectivity index (χ4v) is 2.26. The molecule has 28 heavy (non-hydrogen) atoms. The maximum atomic E-state index is 12.8. The molecule has 0 heterocycles. The van der Waals surface area contributed by atoms with Gasteiger partial charge in [-0.15, -0.1) is 0 Å². The standard InChI is InChI=1S/C19H13N2O2.BF4/c20-21-17-12-6-4-10-15(17)19(22)16-11-5-7-13-18(16)23-14-8-2-1-3-9-14;2-1(3,4)5/h1-13H;/q+1;-1. The highest BCUT2D eigenvalue weighted by atomic mass is 19.5. The molecule has 0 saturated carbocycles. The van der Waals surface area contributed by atoms with E-state index in [4.69, 9.17) is 10.1 Å². The van der Waals surface area contributed by atoms with E-state index < -0.39 is 7.25 Å². The van der Waals surface area contributed by atoms with Crippen LogP contribution in [-0.4, -0.2) is 13.0 Å². The minimum atomic E-state index is -6.00. The molecule has 9 heteroatoms. The summed E-state index contributed by atoms with van der Waals surface area (Å²) < 4.78 is 44.8. The SMILES string of the molecule is F[B-](F)(F)F.N#[N+]c1ccccc1C(=O)c1ccccc1Oc1ccccc1. The number of hydrogen-bond acceptors (Lipinski definition) is 3. The van der Waals surface area contributed by atoms with Gasteiger partial charge in [-0.25, -0.2) is 0 Å². The quantitative estimate of drug-likeness (QED) is 0.222. The molecule has 3 aromatic rings. The first kappa shape index (κ1) is 20.6. The van der Waals surface area contributed by atoms with E-state index in [1.54, 1.807) is 48.5 Å². The van der Waals surface area contributed by atoms with Crippen LogP contribution in [0.25, 0.3) is 4.98 Å². The van der Waals surface area contributed by atoms with Crippen molar-refractivity contribution < 1.29 is 26.8 Å². The van der Waals surface area contributed by atoms with Crippen LogP contribution < -0.4 is 4.74 Å². The zero-order chi connectivity index (χ0) is 20.6. The van der Waals surface area contributed by atoms with Gasteiger partial charge in [-0.05, 0) is 30.3 Å². The van der Waals surface area contributed by atoms with Gasteiger partial charge in [0.2, 0.25) is 11.2 Å². The van der Waals surface area contributed by atoms with Gasteiger partial charge in [-0.1, -0.05) is 42.5 Å². The highest BCUT2D eigenvalue weighted by Crippen LogP contribution is 2.29. The van der Waals surface area contributed by atoms with Crippen molar-refractivity contribution in [2.75, 3.05) is 0 Å². The molecule has 0 fully saturated rings. The predicted octanol–water partition coefficient (Wildman–Crippen LogP) is 6.49. The smallest absolute Gasteiger partial charge is 0.457 e. The number of nitrogens with zero attached hydrogens (tertiary/aromatic N) is 2. The summed E-state index contributed by atoms with van der Waals surface area (Å²) in [4.78, 5) is 16.0. The summed E-state index contributed by atoms with van der Waals surface area (Å²) in [6.45, 7) is 0. The van der Waals surface area contributed by atoms with Crippen LogP contribution in [0.5, 0.6) is 11.5 Å². The van der Waals surface area contributed by atoms with Crippen LogP contribution in [-0.2, 0) is 0 Å². The highest BCUT2D eigenvalue weighted by Gasteiger charge is 2.23. The molecule has 142 valence electrons. The first-order chi connectivity index (χ1) is 13.3. The van der Waals surface area contributed by atoms with Gasteiger partial charge in [0.25, 0.3) is 0 Å². The van der Waals surface area contributed by atoms with Crippen LogP contribution >= 0.6 is 0 Å². The van der Waals surface area contributed by atoms with Crippen molar-refractivity contribution in [3.05, 3.63) is 95.0 Å². The molecule has 0 unspecified atom stereocenters. The molecule has 0 aliphatic carbocycles. The molecule has 0 saturated heterocycles. The first-order valence-corrected chi connectivity index (χ1v) is 7.97. The third-order valence-electron chi connectivity index (χ3n) is 3.36. The maximum Gasteiger partial charge on any atom is 0.673 e. The Labute approximate surface area is 158 Å².